The summed E-state index contributed by atoms with van der Waals surface area (Å²) in [5, 5.41) is 27.7. The minimum absolute atomic E-state index is 0.00297. The van der Waals surface area contributed by atoms with Crippen molar-refractivity contribution in [2.24, 2.45) is 0 Å². The van der Waals surface area contributed by atoms with Crippen LogP contribution in [0.2, 0.25) is 0 Å². The van der Waals surface area contributed by atoms with Crippen molar-refractivity contribution >= 4 is 0 Å². The largest absolute Gasteiger partial charge is 0.496 e. The molecule has 1 rings (SSSR count). The molecule has 5 heteroatoms. The maximum Gasteiger partial charge on any atom is 0.131 e. The minimum Gasteiger partial charge on any atom is -0.496 e. The third-order valence-electron chi connectivity index (χ3n) is 3.13. The standard InChI is InChI=1S/C15H22O5/c1-10(7-16)4-5-20-14-6-12(8-17)13(9-18)15(19-3)11(14)2/h4,6,16-18H,5,7-9H2,1-3H3/b10-4+. The first-order valence-electron chi connectivity index (χ1n) is 6.39. The van der Waals surface area contributed by atoms with E-state index >= 15 is 0 Å². The monoisotopic (exact) mass is 282 g/mol. The zero-order valence-electron chi connectivity index (χ0n) is 12.1. The zero-order chi connectivity index (χ0) is 15.1. The number of hydrogen-bond acceptors (Lipinski definition) is 5. The van der Waals surface area contributed by atoms with Gasteiger partial charge in [-0.25, -0.2) is 0 Å². The second kappa shape index (κ2) is 7.89. The van der Waals surface area contributed by atoms with Crippen LogP contribution in [-0.2, 0) is 13.2 Å². The van der Waals surface area contributed by atoms with E-state index in [1.165, 1.54) is 7.11 Å². The first-order chi connectivity index (χ1) is 9.58. The molecule has 0 atom stereocenters. The Morgan fingerprint density at radius 1 is 1.25 bits per heavy atom. The third-order valence-corrected chi connectivity index (χ3v) is 3.13. The van der Waals surface area contributed by atoms with Gasteiger partial charge >= 0.3 is 0 Å². The van der Waals surface area contributed by atoms with Gasteiger partial charge in [-0.15, -0.1) is 0 Å². The quantitative estimate of drug-likeness (QED) is 0.657. The minimum atomic E-state index is -0.205. The average molecular weight is 282 g/mol. The van der Waals surface area contributed by atoms with Crippen molar-refractivity contribution < 1.29 is 24.8 Å². The van der Waals surface area contributed by atoms with Crippen molar-refractivity contribution in [1.29, 1.82) is 0 Å². The molecule has 0 aliphatic rings. The Labute approximate surface area is 119 Å². The fourth-order valence-electron chi connectivity index (χ4n) is 1.92. The predicted octanol–water partition coefficient (Wildman–Crippen LogP) is 1.31. The Morgan fingerprint density at radius 2 is 1.95 bits per heavy atom. The van der Waals surface area contributed by atoms with Crippen LogP contribution in [-0.4, -0.2) is 35.6 Å². The summed E-state index contributed by atoms with van der Waals surface area (Å²) in [6.45, 7) is 3.55. The lowest BCUT2D eigenvalue weighted by molar-refractivity contribution is 0.251. The molecule has 5 nitrogen and oxygen atoms in total. The van der Waals surface area contributed by atoms with Crippen molar-refractivity contribution in [2.75, 3.05) is 20.3 Å². The van der Waals surface area contributed by atoms with Crippen LogP contribution in [0.25, 0.3) is 0 Å². The maximum absolute atomic E-state index is 9.39. The molecule has 0 amide bonds. The van der Waals surface area contributed by atoms with Gasteiger partial charge in [0.25, 0.3) is 0 Å². The van der Waals surface area contributed by atoms with Gasteiger partial charge in [-0.2, -0.15) is 0 Å². The number of methoxy groups -OCH3 is 1. The number of benzene rings is 1. The topological polar surface area (TPSA) is 79.2 Å². The van der Waals surface area contributed by atoms with E-state index in [2.05, 4.69) is 0 Å². The second-order valence-corrected chi connectivity index (χ2v) is 4.51. The van der Waals surface area contributed by atoms with E-state index < -0.39 is 0 Å². The number of ether oxygens (including phenoxy) is 2. The lowest BCUT2D eigenvalue weighted by atomic mass is 10.0. The molecule has 112 valence electrons. The van der Waals surface area contributed by atoms with Crippen molar-refractivity contribution in [2.45, 2.75) is 27.1 Å². The predicted molar refractivity (Wildman–Crippen MR) is 75.9 cm³/mol. The fourth-order valence-corrected chi connectivity index (χ4v) is 1.92. The Morgan fingerprint density at radius 3 is 2.45 bits per heavy atom. The van der Waals surface area contributed by atoms with Gasteiger partial charge in [0.05, 0.1) is 26.9 Å². The molecule has 0 spiro atoms. The van der Waals surface area contributed by atoms with Crippen LogP contribution in [0.15, 0.2) is 17.7 Å². The molecule has 0 aliphatic heterocycles. The van der Waals surface area contributed by atoms with E-state index in [4.69, 9.17) is 14.6 Å². The lowest BCUT2D eigenvalue weighted by Gasteiger charge is -2.17. The highest BCUT2D eigenvalue weighted by atomic mass is 16.5. The van der Waals surface area contributed by atoms with Gasteiger partial charge in [0.2, 0.25) is 0 Å². The maximum atomic E-state index is 9.39. The summed E-state index contributed by atoms with van der Waals surface area (Å²) < 4.78 is 10.9. The van der Waals surface area contributed by atoms with Gasteiger partial charge in [0.1, 0.15) is 18.1 Å². The van der Waals surface area contributed by atoms with E-state index in [-0.39, 0.29) is 19.8 Å². The van der Waals surface area contributed by atoms with Crippen LogP contribution in [0.4, 0.5) is 0 Å². The molecule has 0 unspecified atom stereocenters. The van der Waals surface area contributed by atoms with E-state index in [0.717, 1.165) is 11.1 Å². The van der Waals surface area contributed by atoms with Crippen LogP contribution in [0.5, 0.6) is 11.5 Å². The molecule has 20 heavy (non-hydrogen) atoms. The van der Waals surface area contributed by atoms with Crippen LogP contribution in [0, 0.1) is 6.92 Å². The van der Waals surface area contributed by atoms with Crippen LogP contribution in [0.1, 0.15) is 23.6 Å². The summed E-state index contributed by atoms with van der Waals surface area (Å²) in [6.07, 6.45) is 1.78. The van der Waals surface area contributed by atoms with Crippen molar-refractivity contribution in [3.8, 4) is 11.5 Å². The highest BCUT2D eigenvalue weighted by Gasteiger charge is 2.16. The van der Waals surface area contributed by atoms with Gasteiger partial charge in [-0.1, -0.05) is 0 Å². The molecule has 0 aromatic heterocycles. The number of rotatable bonds is 7. The SMILES string of the molecule is COc1c(C)c(OC/C=C(\C)CO)cc(CO)c1CO. The third kappa shape index (κ3) is 3.72. The van der Waals surface area contributed by atoms with Gasteiger partial charge in [0.15, 0.2) is 0 Å². The summed E-state index contributed by atoms with van der Waals surface area (Å²) in [5.74, 6) is 1.11. The molecular weight excluding hydrogens is 260 g/mol. The molecule has 0 radical (unpaired) electrons. The van der Waals surface area contributed by atoms with Crippen molar-refractivity contribution in [3.05, 3.63) is 34.4 Å². The first-order valence-corrected chi connectivity index (χ1v) is 6.39. The van der Waals surface area contributed by atoms with Gasteiger partial charge in [0, 0.05) is 11.1 Å². The molecule has 0 heterocycles. The van der Waals surface area contributed by atoms with Crippen molar-refractivity contribution in [3.63, 3.8) is 0 Å². The molecule has 0 saturated heterocycles. The smallest absolute Gasteiger partial charge is 0.131 e. The number of aliphatic hydroxyl groups excluding tert-OH is 3. The Bertz CT molecular complexity index is 480. The van der Waals surface area contributed by atoms with Crippen LogP contribution >= 0.6 is 0 Å². The fraction of sp³-hybridized carbons (Fsp3) is 0.467. The summed E-state index contributed by atoms with van der Waals surface area (Å²) in [5.41, 5.74) is 2.74. The van der Waals surface area contributed by atoms with Crippen LogP contribution in [0.3, 0.4) is 0 Å². The van der Waals surface area contributed by atoms with Gasteiger partial charge in [-0.05, 0) is 37.1 Å². The highest BCUT2D eigenvalue weighted by Crippen LogP contribution is 2.34. The molecule has 1 aromatic rings. The number of aliphatic hydroxyl groups is 3. The van der Waals surface area contributed by atoms with E-state index in [1.807, 2.05) is 13.8 Å². The first kappa shape index (κ1) is 16.5. The van der Waals surface area contributed by atoms with Gasteiger partial charge < -0.3 is 24.8 Å². The Hall–Kier alpha value is -1.56. The summed E-state index contributed by atoms with van der Waals surface area (Å²) >= 11 is 0. The lowest BCUT2D eigenvalue weighted by Crippen LogP contribution is -2.05. The summed E-state index contributed by atoms with van der Waals surface area (Å²) in [6, 6.07) is 1.70. The normalized spacial score (nSPS) is 11.6. The Kier molecular flexibility index (Phi) is 6.51. The van der Waals surface area contributed by atoms with Crippen molar-refractivity contribution in [1.82, 2.24) is 0 Å². The highest BCUT2D eigenvalue weighted by molar-refractivity contribution is 5.53. The zero-order valence-corrected chi connectivity index (χ0v) is 12.1. The molecule has 3 N–H and O–H groups in total. The molecule has 0 aliphatic carbocycles. The van der Waals surface area contributed by atoms with Gasteiger partial charge in [-0.3, -0.25) is 0 Å². The molecule has 0 fully saturated rings. The number of hydrogen-bond donors (Lipinski definition) is 3. The molecule has 1 aromatic carbocycles. The van der Waals surface area contributed by atoms with Crippen LogP contribution < -0.4 is 9.47 Å². The van der Waals surface area contributed by atoms with E-state index in [1.54, 1.807) is 12.1 Å². The summed E-state index contributed by atoms with van der Waals surface area (Å²) in [4.78, 5) is 0. The van der Waals surface area contributed by atoms with E-state index in [9.17, 15) is 10.2 Å². The molecule has 0 bridgehead atoms. The summed E-state index contributed by atoms with van der Waals surface area (Å²) in [7, 11) is 1.52. The van der Waals surface area contributed by atoms with E-state index in [0.29, 0.717) is 29.2 Å². The second-order valence-electron chi connectivity index (χ2n) is 4.51. The Balaban J connectivity index is 3.08. The molecular formula is C15H22O5. The average Bonchev–Trinajstić information content (AvgIpc) is 2.47. The molecule has 0 saturated carbocycles.